The molecule has 2 aromatic rings. The van der Waals surface area contributed by atoms with Crippen LogP contribution in [-0.2, 0) is 4.65 Å². The van der Waals surface area contributed by atoms with Crippen molar-refractivity contribution in [1.82, 2.24) is 0 Å². The van der Waals surface area contributed by atoms with Gasteiger partial charge in [-0.05, 0) is 44.4 Å². The van der Waals surface area contributed by atoms with Crippen molar-refractivity contribution in [2.45, 2.75) is 38.9 Å². The topological polar surface area (TPSA) is 29.5 Å². The summed E-state index contributed by atoms with van der Waals surface area (Å²) in [5.74, 6) is 0. The van der Waals surface area contributed by atoms with Crippen LogP contribution in [0.15, 0.2) is 79.4 Å². The van der Waals surface area contributed by atoms with Crippen molar-refractivity contribution in [3.05, 3.63) is 90.5 Å². The van der Waals surface area contributed by atoms with Crippen LogP contribution in [0.2, 0.25) is 0 Å². The Bertz CT molecular complexity index is 795. The fourth-order valence-electron chi connectivity index (χ4n) is 2.34. The van der Waals surface area contributed by atoms with Gasteiger partial charge in [0.25, 0.3) is 0 Å². The Kier molecular flexibility index (Phi) is 7.01. The highest BCUT2D eigenvalue weighted by Gasteiger charge is 2.35. The van der Waals surface area contributed by atoms with Crippen LogP contribution in [0, 0.1) is 0 Å². The summed E-state index contributed by atoms with van der Waals surface area (Å²) in [5, 5.41) is 10.2. The molecule has 3 heteroatoms. The molecule has 0 unspecified atom stereocenters. The molecule has 0 amide bonds. The summed E-state index contributed by atoms with van der Waals surface area (Å²) in [7, 11) is 0.468. The number of aliphatic hydroxyl groups is 1. The summed E-state index contributed by atoms with van der Waals surface area (Å²) in [6.45, 7) is 11.2. The minimum Gasteiger partial charge on any atom is -0.427 e. The summed E-state index contributed by atoms with van der Waals surface area (Å²) in [4.78, 5) is 0. The maximum atomic E-state index is 10.2. The molecule has 0 atom stereocenters. The highest BCUT2D eigenvalue weighted by Crippen LogP contribution is 2.24. The monoisotopic (exact) mass is 360 g/mol. The van der Waals surface area contributed by atoms with E-state index in [4.69, 9.17) is 4.65 Å². The second-order valence-corrected chi connectivity index (χ2v) is 7.65. The molecule has 0 fully saturated rings. The first-order valence-electron chi connectivity index (χ1n) is 9.24. The lowest BCUT2D eigenvalue weighted by atomic mass is 9.82. The van der Waals surface area contributed by atoms with E-state index in [1.165, 1.54) is 0 Å². The molecule has 0 aliphatic carbocycles. The standard InChI is InChI=1S/C24H29BO2/c1-6-20(21-12-8-7-9-13-21)14-10-11-19-15-17-22(18-16-19)25-27-24(4,5)23(2,3)26/h6-18,25-26H,1H2,2-5H3/b11-10+,20-14+. The molecular formula is C24H29BO2. The third-order valence-electron chi connectivity index (χ3n) is 4.94. The molecule has 0 heterocycles. The zero-order valence-electron chi connectivity index (χ0n) is 16.8. The summed E-state index contributed by atoms with van der Waals surface area (Å²) in [6.07, 6.45) is 8.03. The van der Waals surface area contributed by atoms with Gasteiger partial charge in [-0.2, -0.15) is 0 Å². The minimum atomic E-state index is -0.899. The molecule has 0 bridgehead atoms. The molecule has 0 saturated heterocycles. The van der Waals surface area contributed by atoms with E-state index in [1.54, 1.807) is 13.8 Å². The van der Waals surface area contributed by atoms with Gasteiger partial charge in [-0.15, -0.1) is 0 Å². The molecule has 0 radical (unpaired) electrons. The molecular weight excluding hydrogens is 331 g/mol. The molecule has 1 N–H and O–H groups in total. The maximum absolute atomic E-state index is 10.2. The molecule has 0 aliphatic rings. The van der Waals surface area contributed by atoms with Gasteiger partial charge in [0, 0.05) is 0 Å². The summed E-state index contributed by atoms with van der Waals surface area (Å²) in [5.41, 5.74) is 2.92. The van der Waals surface area contributed by atoms with E-state index in [2.05, 4.69) is 55.1 Å². The first-order chi connectivity index (χ1) is 12.7. The predicted octanol–water partition coefficient (Wildman–Crippen LogP) is 4.51. The molecule has 0 aliphatic heterocycles. The van der Waals surface area contributed by atoms with E-state index in [-0.39, 0.29) is 0 Å². The van der Waals surface area contributed by atoms with Crippen molar-refractivity contribution in [3.63, 3.8) is 0 Å². The van der Waals surface area contributed by atoms with Crippen molar-refractivity contribution in [3.8, 4) is 0 Å². The minimum absolute atomic E-state index is 0.468. The summed E-state index contributed by atoms with van der Waals surface area (Å²) < 4.78 is 5.91. The van der Waals surface area contributed by atoms with Crippen LogP contribution >= 0.6 is 0 Å². The van der Waals surface area contributed by atoms with Crippen LogP contribution in [0.25, 0.3) is 11.6 Å². The van der Waals surface area contributed by atoms with E-state index < -0.39 is 11.2 Å². The van der Waals surface area contributed by atoms with Gasteiger partial charge in [-0.1, -0.05) is 90.9 Å². The first-order valence-corrected chi connectivity index (χ1v) is 9.24. The van der Waals surface area contributed by atoms with Crippen molar-refractivity contribution in [2.75, 3.05) is 0 Å². The number of hydrogen-bond donors (Lipinski definition) is 1. The van der Waals surface area contributed by atoms with E-state index in [9.17, 15) is 5.11 Å². The lowest BCUT2D eigenvalue weighted by molar-refractivity contribution is -0.0893. The van der Waals surface area contributed by atoms with Crippen molar-refractivity contribution in [2.24, 2.45) is 0 Å². The van der Waals surface area contributed by atoms with Crippen molar-refractivity contribution < 1.29 is 9.76 Å². The molecule has 2 aromatic carbocycles. The van der Waals surface area contributed by atoms with E-state index >= 15 is 0 Å². The SMILES string of the molecule is C=C/C(=C\C=C\c1ccc(BOC(C)(C)C(C)(C)O)cc1)c1ccccc1. The lowest BCUT2D eigenvalue weighted by Gasteiger charge is -2.37. The van der Waals surface area contributed by atoms with Gasteiger partial charge in [-0.3, -0.25) is 0 Å². The Morgan fingerprint density at radius 3 is 2.19 bits per heavy atom. The number of rotatable bonds is 8. The van der Waals surface area contributed by atoms with Crippen LogP contribution in [0.5, 0.6) is 0 Å². The molecule has 2 rings (SSSR count). The Labute approximate surface area is 164 Å². The number of allylic oxidation sites excluding steroid dienone is 4. The molecule has 140 valence electrons. The normalized spacial score (nSPS) is 13.0. The second kappa shape index (κ2) is 9.03. The number of benzene rings is 2. The lowest BCUT2D eigenvalue weighted by Crippen LogP contribution is -2.49. The van der Waals surface area contributed by atoms with Crippen LogP contribution < -0.4 is 5.46 Å². The third kappa shape index (κ3) is 6.09. The van der Waals surface area contributed by atoms with Crippen LogP contribution in [-0.4, -0.2) is 23.8 Å². The van der Waals surface area contributed by atoms with Gasteiger partial charge < -0.3 is 9.76 Å². The van der Waals surface area contributed by atoms with Gasteiger partial charge in [0.15, 0.2) is 0 Å². The Morgan fingerprint density at radius 1 is 1.00 bits per heavy atom. The van der Waals surface area contributed by atoms with Crippen molar-refractivity contribution in [1.29, 1.82) is 0 Å². The Hall–Kier alpha value is -2.36. The fourth-order valence-corrected chi connectivity index (χ4v) is 2.34. The van der Waals surface area contributed by atoms with Crippen LogP contribution in [0.1, 0.15) is 38.8 Å². The Morgan fingerprint density at radius 2 is 1.63 bits per heavy atom. The zero-order chi connectivity index (χ0) is 19.9. The highest BCUT2D eigenvalue weighted by atomic mass is 16.5. The van der Waals surface area contributed by atoms with E-state index in [0.717, 1.165) is 22.2 Å². The van der Waals surface area contributed by atoms with Crippen LogP contribution in [0.3, 0.4) is 0 Å². The maximum Gasteiger partial charge on any atom is 0.309 e. The van der Waals surface area contributed by atoms with Gasteiger partial charge in [-0.25, -0.2) is 0 Å². The quantitative estimate of drug-likeness (QED) is 0.554. The van der Waals surface area contributed by atoms with Gasteiger partial charge in [0.05, 0.1) is 11.2 Å². The summed E-state index contributed by atoms with van der Waals surface area (Å²) >= 11 is 0. The predicted molar refractivity (Wildman–Crippen MR) is 118 cm³/mol. The first kappa shape index (κ1) is 21.0. The second-order valence-electron chi connectivity index (χ2n) is 7.65. The molecule has 27 heavy (non-hydrogen) atoms. The summed E-state index contributed by atoms with van der Waals surface area (Å²) in [6, 6.07) is 18.4. The van der Waals surface area contributed by atoms with Crippen LogP contribution in [0.4, 0.5) is 0 Å². The zero-order valence-corrected chi connectivity index (χ0v) is 16.8. The smallest absolute Gasteiger partial charge is 0.309 e. The Balaban J connectivity index is 2.00. The van der Waals surface area contributed by atoms with Gasteiger partial charge in [0.2, 0.25) is 0 Å². The molecule has 2 nitrogen and oxygen atoms in total. The largest absolute Gasteiger partial charge is 0.427 e. The molecule has 0 saturated carbocycles. The van der Waals surface area contributed by atoms with E-state index in [1.807, 2.05) is 44.2 Å². The average molecular weight is 360 g/mol. The van der Waals surface area contributed by atoms with Gasteiger partial charge >= 0.3 is 7.48 Å². The van der Waals surface area contributed by atoms with Crippen molar-refractivity contribution >= 4 is 24.6 Å². The third-order valence-corrected chi connectivity index (χ3v) is 4.94. The van der Waals surface area contributed by atoms with Gasteiger partial charge in [0.1, 0.15) is 0 Å². The van der Waals surface area contributed by atoms with E-state index in [0.29, 0.717) is 7.48 Å². The highest BCUT2D eigenvalue weighted by molar-refractivity contribution is 6.47. The number of hydrogen-bond acceptors (Lipinski definition) is 2. The average Bonchev–Trinajstić information content (AvgIpc) is 2.64. The molecule has 0 spiro atoms. The fraction of sp³-hybridized carbons (Fsp3) is 0.250. The molecule has 0 aromatic heterocycles.